The number of carbonyl (C=O) groups is 1. The van der Waals surface area contributed by atoms with Crippen LogP contribution in [0.2, 0.25) is 0 Å². The quantitative estimate of drug-likeness (QED) is 0.0196. The first-order valence-corrected chi connectivity index (χ1v) is 29.9. The molecule has 2 unspecified atom stereocenters. The molecule has 1 fully saturated rings. The highest BCUT2D eigenvalue weighted by Crippen LogP contribution is 2.66. The fourth-order valence-corrected chi connectivity index (χ4v) is 13.2. The molecule has 404 valence electrons. The minimum Gasteiger partial charge on any atom is -0.452 e. The molecule has 4 aliphatic rings. The van der Waals surface area contributed by atoms with Crippen molar-refractivity contribution >= 4 is 73.4 Å². The molecule has 6 atom stereocenters. The maximum absolute atomic E-state index is 13.0. The van der Waals surface area contributed by atoms with E-state index in [9.17, 15) is 51.5 Å². The van der Waals surface area contributed by atoms with Crippen molar-refractivity contribution in [1.82, 2.24) is 29.4 Å². The molecule has 74 heavy (non-hydrogen) atoms. The normalized spacial score (nSPS) is 21.8. The Bertz CT molecular complexity index is 3230. The van der Waals surface area contributed by atoms with Gasteiger partial charge in [-0.25, -0.2) is 38.2 Å². The van der Waals surface area contributed by atoms with Crippen LogP contribution >= 0.6 is 23.5 Å². The van der Waals surface area contributed by atoms with Gasteiger partial charge < -0.3 is 54.8 Å². The van der Waals surface area contributed by atoms with Gasteiger partial charge >= 0.3 is 23.5 Å². The van der Waals surface area contributed by atoms with E-state index in [1.807, 2.05) is 38.1 Å². The summed E-state index contributed by atoms with van der Waals surface area (Å²) in [7, 11) is -21.3. The molecule has 4 aromatic rings. The number of carbonyl (C=O) groups excluding carboxylic acids is 1. The Morgan fingerprint density at radius 3 is 2.43 bits per heavy atom. The van der Waals surface area contributed by atoms with Gasteiger partial charge in [-0.3, -0.25) is 18.4 Å². The van der Waals surface area contributed by atoms with Gasteiger partial charge in [0.05, 0.1) is 24.5 Å². The van der Waals surface area contributed by atoms with Crippen molar-refractivity contribution in [2.75, 3.05) is 55.3 Å². The summed E-state index contributed by atoms with van der Waals surface area (Å²) < 4.78 is 96.8. The van der Waals surface area contributed by atoms with Crippen LogP contribution in [0.1, 0.15) is 83.1 Å². The van der Waals surface area contributed by atoms with Crippen molar-refractivity contribution < 1.29 is 83.9 Å². The number of nitrogens with one attached hydrogen (secondary N) is 2. The van der Waals surface area contributed by atoms with Crippen LogP contribution in [0.5, 0.6) is 11.5 Å². The van der Waals surface area contributed by atoms with Gasteiger partial charge in [-0.15, -0.1) is 0 Å². The van der Waals surface area contributed by atoms with Crippen molar-refractivity contribution in [2.45, 2.75) is 102 Å². The first kappa shape index (κ1) is 55.6. The zero-order valence-electron chi connectivity index (χ0n) is 40.5. The average molecular weight is 1110 g/mol. The zero-order valence-corrected chi connectivity index (χ0v) is 44.0. The molecular weight excluding hydrogens is 1060 g/mol. The second-order valence-corrected chi connectivity index (χ2v) is 24.5. The number of nitrogens with zero attached hydrogens (tertiary/aromatic N) is 7. The summed E-state index contributed by atoms with van der Waals surface area (Å²) in [5.74, 6) is 0.855. The standard InChI is InChI=1S/C43H58N9O18P3S/c1-4-50-15-9-11-26-17-29-33(19-31(26)50)67-34-20-32-28(18-30(34)49-29)27(23-74(63,64)65)21-43(2,3)52(32)16-10-12-36(53)44-13-7-5-6-8-14-45-40-37-41(47-24-46-40)51(25-48-37)42-39(55)38(54)35(68-42)22-66-72(59,60)70-73(61,62)69-71(56,57)58/h17-21,24-25,35,38-39,42,54-55H,4-16,22-23H2,1-3H3,(H6-,44,45,46,47,53,56,57,58,59,60,61,62,63,64,65)/p+1/t35-,38-,39-,42-/m1/s1. The minimum atomic E-state index is -5.78. The van der Waals surface area contributed by atoms with Gasteiger partial charge in [0.2, 0.25) is 11.3 Å². The molecule has 27 nitrogen and oxygen atoms in total. The average Bonchev–Trinajstić information content (AvgIpc) is 3.85. The van der Waals surface area contributed by atoms with Crippen LogP contribution in [-0.2, 0) is 52.9 Å². The van der Waals surface area contributed by atoms with Crippen LogP contribution in [0, 0.1) is 0 Å². The predicted molar refractivity (Wildman–Crippen MR) is 264 cm³/mol. The Morgan fingerprint density at radius 1 is 0.946 bits per heavy atom. The monoisotopic (exact) mass is 1110 g/mol. The van der Waals surface area contributed by atoms with Crippen LogP contribution < -0.4 is 35.6 Å². The molecule has 2 aromatic heterocycles. The van der Waals surface area contributed by atoms with Crippen molar-refractivity contribution in [3.8, 4) is 11.5 Å². The largest absolute Gasteiger partial charge is 0.490 e. The topological polar surface area (TPSA) is 376 Å². The number of amides is 1. The molecule has 4 aliphatic heterocycles. The van der Waals surface area contributed by atoms with Gasteiger partial charge in [-0.2, -0.15) is 17.0 Å². The van der Waals surface area contributed by atoms with Gasteiger partial charge in [0.15, 0.2) is 34.7 Å². The SMILES string of the molecule is CC[N+]1=c2cc3c(cc2CCC1)=Nc1cc2c(cc1O3)N(CCCC(=O)NCCCCCCNc1ncnc3c1ncn3[C@@H]1O[C@H](COP(=O)(O)OP(=O)(O)OP(=O)(O)O)[C@@H](O)[C@H]1O)C(C)(C)C=C2CS(=O)(=O)O. The van der Waals surface area contributed by atoms with Crippen molar-refractivity contribution in [3.05, 3.63) is 64.8 Å². The Balaban J connectivity index is 0.791. The van der Waals surface area contributed by atoms with Crippen LogP contribution in [0.15, 0.2) is 48.0 Å². The van der Waals surface area contributed by atoms with Crippen LogP contribution in [0.25, 0.3) is 16.7 Å². The molecule has 0 aliphatic carbocycles. The summed E-state index contributed by atoms with van der Waals surface area (Å²) in [5.41, 5.74) is 3.33. The van der Waals surface area contributed by atoms with Crippen LogP contribution in [-0.4, -0.2) is 137 Å². The fraction of sp³-hybridized carbons (Fsp3) is 0.535. The number of anilines is 2. The summed E-state index contributed by atoms with van der Waals surface area (Å²) in [6.07, 6.45) is 3.93. The van der Waals surface area contributed by atoms with Gasteiger partial charge in [0, 0.05) is 55.4 Å². The van der Waals surface area contributed by atoms with Crippen molar-refractivity contribution in [3.63, 3.8) is 0 Å². The number of aliphatic hydroxyl groups is 2. The summed E-state index contributed by atoms with van der Waals surface area (Å²) in [6.45, 7) is 8.32. The smallest absolute Gasteiger partial charge is 0.452 e. The van der Waals surface area contributed by atoms with Gasteiger partial charge in [-0.05, 0) is 64.2 Å². The maximum atomic E-state index is 13.0. The van der Waals surface area contributed by atoms with Crippen molar-refractivity contribution in [1.29, 1.82) is 0 Å². The fourth-order valence-electron chi connectivity index (χ4n) is 9.51. The van der Waals surface area contributed by atoms with Crippen LogP contribution in [0.4, 0.5) is 17.2 Å². The predicted octanol–water partition coefficient (Wildman–Crippen LogP) is 2.74. The van der Waals surface area contributed by atoms with E-state index in [2.05, 4.69) is 61.2 Å². The molecule has 2 aromatic carbocycles. The Kier molecular flexibility index (Phi) is 16.7. The summed E-state index contributed by atoms with van der Waals surface area (Å²) >= 11 is 0. The van der Waals surface area contributed by atoms with Gasteiger partial charge in [-0.1, -0.05) is 18.9 Å². The Labute approximate surface area is 424 Å². The number of benzene rings is 2. The van der Waals surface area contributed by atoms with E-state index in [1.165, 1.54) is 22.8 Å². The molecular formula is C43H59N9O18P3S+. The lowest BCUT2D eigenvalue weighted by atomic mass is 9.88. The molecule has 6 heterocycles. The highest BCUT2D eigenvalue weighted by atomic mass is 32.2. The number of imidazole rings is 1. The third kappa shape index (κ3) is 13.3. The number of ether oxygens (including phenoxy) is 2. The summed E-state index contributed by atoms with van der Waals surface area (Å²) in [5, 5.41) is 29.4. The molecule has 8 rings (SSSR count). The Morgan fingerprint density at radius 2 is 1.70 bits per heavy atom. The molecule has 0 spiro atoms. The van der Waals surface area contributed by atoms with E-state index < -0.39 is 76.0 Å². The summed E-state index contributed by atoms with van der Waals surface area (Å²) in [4.78, 5) is 69.5. The Hall–Kier alpha value is -4.60. The van der Waals surface area contributed by atoms with E-state index in [-0.39, 0.29) is 18.0 Å². The lowest BCUT2D eigenvalue weighted by molar-refractivity contribution is -0.121. The molecule has 0 saturated carbocycles. The number of phosphoric acid groups is 3. The second-order valence-electron chi connectivity index (χ2n) is 18.7. The number of hydrogen-bond donors (Lipinski definition) is 9. The number of aliphatic hydroxyl groups excluding tert-OH is 2. The third-order valence-electron chi connectivity index (χ3n) is 12.8. The number of aryl methyl sites for hydroxylation is 1. The lowest BCUT2D eigenvalue weighted by Gasteiger charge is -2.44. The number of phosphoric ester groups is 1. The second kappa shape index (κ2) is 22.2. The maximum Gasteiger partial charge on any atom is 0.490 e. The van der Waals surface area contributed by atoms with E-state index in [1.54, 1.807) is 0 Å². The van der Waals surface area contributed by atoms with E-state index in [0.29, 0.717) is 76.8 Å². The zero-order chi connectivity index (χ0) is 53.4. The molecule has 31 heteroatoms. The highest BCUT2D eigenvalue weighted by molar-refractivity contribution is 7.86. The molecule has 1 saturated heterocycles. The minimum absolute atomic E-state index is 0.103. The number of hydrogen-bond acceptors (Lipinski definition) is 19. The first-order chi connectivity index (χ1) is 34.8. The third-order valence-corrected chi connectivity index (χ3v) is 17.3. The van der Waals surface area contributed by atoms with Gasteiger partial charge in [0.1, 0.15) is 54.5 Å². The first-order valence-electron chi connectivity index (χ1n) is 23.7. The van der Waals surface area contributed by atoms with E-state index in [4.69, 9.17) is 24.3 Å². The molecule has 0 radical (unpaired) electrons. The van der Waals surface area contributed by atoms with Gasteiger partial charge in [0.25, 0.3) is 10.1 Å². The number of fused-ring (bicyclic) bond motifs is 5. The van der Waals surface area contributed by atoms with Crippen LogP contribution in [0.3, 0.4) is 0 Å². The lowest BCUT2D eigenvalue weighted by Crippen LogP contribution is -2.46. The molecule has 0 bridgehead atoms. The number of aromatic nitrogens is 4. The van der Waals surface area contributed by atoms with E-state index >= 15 is 0 Å². The number of unbranched alkanes of at least 4 members (excludes halogenated alkanes) is 3. The molecule has 1 amide bonds. The van der Waals surface area contributed by atoms with E-state index in [0.717, 1.165) is 57.0 Å². The highest BCUT2D eigenvalue weighted by Gasteiger charge is 2.47. The number of rotatable bonds is 23. The van der Waals surface area contributed by atoms with Crippen molar-refractivity contribution in [2.24, 2.45) is 4.99 Å². The summed E-state index contributed by atoms with van der Waals surface area (Å²) in [6, 6.07) is 7.80. The molecule has 9 N–H and O–H groups in total.